The van der Waals surface area contributed by atoms with Crippen LogP contribution in [0.4, 0.5) is 0 Å². The number of benzene rings is 2. The maximum atomic E-state index is 12.0. The molecule has 0 aromatic heterocycles. The van der Waals surface area contributed by atoms with E-state index in [9.17, 15) is 4.79 Å². The molecule has 2 aromatic carbocycles. The van der Waals surface area contributed by atoms with Gasteiger partial charge in [0.25, 0.3) is 0 Å². The van der Waals surface area contributed by atoms with E-state index in [-0.39, 0.29) is 5.78 Å². The lowest BCUT2D eigenvalue weighted by Crippen LogP contribution is -2.13. The predicted molar refractivity (Wildman–Crippen MR) is 77.1 cm³/mol. The molecule has 0 aliphatic heterocycles. The van der Waals surface area contributed by atoms with Gasteiger partial charge in [-0.2, -0.15) is 0 Å². The zero-order chi connectivity index (χ0) is 12.8. The van der Waals surface area contributed by atoms with Gasteiger partial charge in [0.1, 0.15) is 4.71 Å². The average molecular weight is 277 g/mol. The first-order valence-corrected chi connectivity index (χ1v) is 7.00. The second-order valence-corrected chi connectivity index (χ2v) is 5.75. The zero-order valence-electron chi connectivity index (χ0n) is 9.75. The van der Waals surface area contributed by atoms with Gasteiger partial charge in [-0.15, -0.1) is 11.6 Å². The van der Waals surface area contributed by atoms with Crippen LogP contribution in [0.15, 0.2) is 65.6 Å². The van der Waals surface area contributed by atoms with Crippen LogP contribution in [0.25, 0.3) is 0 Å². The predicted octanol–water partition coefficient (Wildman–Crippen LogP) is 4.16. The lowest BCUT2D eigenvalue weighted by molar-refractivity contribution is -0.116. The highest BCUT2D eigenvalue weighted by atomic mass is 35.5. The molecule has 92 valence electrons. The maximum absolute atomic E-state index is 12.0. The molecule has 0 aliphatic carbocycles. The van der Waals surface area contributed by atoms with Crippen LogP contribution in [0, 0.1) is 0 Å². The fourth-order valence-electron chi connectivity index (χ4n) is 1.56. The molecule has 0 saturated heterocycles. The summed E-state index contributed by atoms with van der Waals surface area (Å²) in [6, 6.07) is 19.4. The smallest absolute Gasteiger partial charge is 0.165 e. The summed E-state index contributed by atoms with van der Waals surface area (Å²) in [6.07, 6.45) is 0.384. The molecule has 0 saturated carbocycles. The molecule has 0 fully saturated rings. The highest BCUT2D eigenvalue weighted by Gasteiger charge is 2.16. The van der Waals surface area contributed by atoms with Crippen LogP contribution in [-0.4, -0.2) is 10.5 Å². The third-order valence-corrected chi connectivity index (χ3v) is 3.98. The number of rotatable bonds is 5. The number of halogens is 1. The summed E-state index contributed by atoms with van der Waals surface area (Å²) in [4.78, 5) is 13.0. The normalized spacial score (nSPS) is 12.1. The van der Waals surface area contributed by atoms with Gasteiger partial charge in [0.2, 0.25) is 0 Å². The molecule has 0 heterocycles. The molecular weight excluding hydrogens is 264 g/mol. The Morgan fingerprint density at radius 2 is 1.56 bits per heavy atom. The first-order chi connectivity index (χ1) is 8.75. The van der Waals surface area contributed by atoms with Crippen molar-refractivity contribution in [3.05, 3.63) is 66.2 Å². The molecule has 3 heteroatoms. The van der Waals surface area contributed by atoms with Crippen molar-refractivity contribution in [1.82, 2.24) is 0 Å². The standard InChI is InChI=1S/C15H13ClOS/c16-15(18-13-9-5-2-6-10-13)14(17)11-12-7-3-1-4-8-12/h1-10,15H,11H2. The third-order valence-electron chi connectivity index (χ3n) is 2.46. The molecule has 0 spiro atoms. The van der Waals surface area contributed by atoms with Gasteiger partial charge < -0.3 is 0 Å². The molecule has 1 unspecified atom stereocenters. The van der Waals surface area contributed by atoms with E-state index in [0.717, 1.165) is 10.5 Å². The number of hydrogen-bond donors (Lipinski definition) is 0. The topological polar surface area (TPSA) is 17.1 Å². The third kappa shape index (κ3) is 3.90. The number of hydrogen-bond acceptors (Lipinski definition) is 2. The van der Waals surface area contributed by atoms with Gasteiger partial charge in [-0.05, 0) is 17.7 Å². The van der Waals surface area contributed by atoms with Crippen LogP contribution in [0.3, 0.4) is 0 Å². The average Bonchev–Trinajstić information content (AvgIpc) is 2.41. The number of ketones is 1. The molecular formula is C15H13ClOS. The minimum Gasteiger partial charge on any atom is -0.297 e. The first kappa shape index (κ1) is 13.2. The fraction of sp³-hybridized carbons (Fsp3) is 0.133. The van der Waals surface area contributed by atoms with E-state index in [2.05, 4.69) is 0 Å². The van der Waals surface area contributed by atoms with Crippen molar-refractivity contribution >= 4 is 29.1 Å². The number of thioether (sulfide) groups is 1. The van der Waals surface area contributed by atoms with E-state index >= 15 is 0 Å². The lowest BCUT2D eigenvalue weighted by Gasteiger charge is -2.08. The highest BCUT2D eigenvalue weighted by Crippen LogP contribution is 2.27. The summed E-state index contributed by atoms with van der Waals surface area (Å²) >= 11 is 7.52. The van der Waals surface area contributed by atoms with Crippen LogP contribution in [0.1, 0.15) is 5.56 Å². The number of alkyl halides is 1. The van der Waals surface area contributed by atoms with Crippen molar-refractivity contribution in [2.24, 2.45) is 0 Å². The van der Waals surface area contributed by atoms with E-state index in [1.54, 1.807) is 0 Å². The van der Waals surface area contributed by atoms with Gasteiger partial charge in [0.15, 0.2) is 5.78 Å². The van der Waals surface area contributed by atoms with Crippen molar-refractivity contribution in [3.63, 3.8) is 0 Å². The van der Waals surface area contributed by atoms with Gasteiger partial charge in [-0.25, -0.2) is 0 Å². The largest absolute Gasteiger partial charge is 0.297 e. The molecule has 0 N–H and O–H groups in total. The Hall–Kier alpha value is -1.25. The summed E-state index contributed by atoms with van der Waals surface area (Å²) in [7, 11) is 0. The molecule has 0 amide bonds. The molecule has 2 rings (SSSR count). The van der Waals surface area contributed by atoms with Gasteiger partial charge in [-0.1, -0.05) is 60.3 Å². The van der Waals surface area contributed by atoms with Gasteiger partial charge in [0, 0.05) is 11.3 Å². The Bertz CT molecular complexity index is 498. The SMILES string of the molecule is O=C(Cc1ccccc1)C(Cl)Sc1ccccc1. The second-order valence-electron chi connectivity index (χ2n) is 3.88. The van der Waals surface area contributed by atoms with Crippen molar-refractivity contribution < 1.29 is 4.79 Å². The lowest BCUT2D eigenvalue weighted by atomic mass is 10.1. The van der Waals surface area contributed by atoms with Gasteiger partial charge >= 0.3 is 0 Å². The summed E-state index contributed by atoms with van der Waals surface area (Å²) in [5, 5.41) is 0. The molecule has 0 aliphatic rings. The highest BCUT2D eigenvalue weighted by molar-refractivity contribution is 8.01. The van der Waals surface area contributed by atoms with E-state index < -0.39 is 4.71 Å². The first-order valence-electron chi connectivity index (χ1n) is 5.68. The summed E-state index contributed by atoms with van der Waals surface area (Å²) in [6.45, 7) is 0. The minimum atomic E-state index is -0.535. The number of Topliss-reactive ketones (excluding diaryl/α,β-unsaturated/α-hetero) is 1. The summed E-state index contributed by atoms with van der Waals surface area (Å²) in [5.41, 5.74) is 1.00. The van der Waals surface area contributed by atoms with Gasteiger partial charge in [0.05, 0.1) is 0 Å². The Labute approximate surface area is 116 Å². The van der Waals surface area contributed by atoms with E-state index in [1.807, 2.05) is 60.7 Å². The monoisotopic (exact) mass is 276 g/mol. The Kier molecular flexibility index (Phi) is 4.85. The Morgan fingerprint density at radius 3 is 2.17 bits per heavy atom. The van der Waals surface area contributed by atoms with Crippen LogP contribution in [-0.2, 0) is 11.2 Å². The summed E-state index contributed by atoms with van der Waals surface area (Å²) < 4.78 is -0.535. The zero-order valence-corrected chi connectivity index (χ0v) is 11.3. The van der Waals surface area contributed by atoms with Crippen molar-refractivity contribution in [2.75, 3.05) is 0 Å². The van der Waals surface area contributed by atoms with E-state index in [4.69, 9.17) is 11.6 Å². The second kappa shape index (κ2) is 6.62. The fourth-order valence-corrected chi connectivity index (χ4v) is 2.72. The molecule has 0 bridgehead atoms. The molecule has 18 heavy (non-hydrogen) atoms. The van der Waals surface area contributed by atoms with Crippen molar-refractivity contribution in [2.45, 2.75) is 16.0 Å². The quantitative estimate of drug-likeness (QED) is 0.603. The Morgan fingerprint density at radius 1 is 1.00 bits per heavy atom. The van der Waals surface area contributed by atoms with E-state index in [1.165, 1.54) is 11.8 Å². The maximum Gasteiger partial charge on any atom is 0.165 e. The van der Waals surface area contributed by atoms with Crippen LogP contribution in [0.5, 0.6) is 0 Å². The van der Waals surface area contributed by atoms with Crippen LogP contribution in [0.2, 0.25) is 0 Å². The minimum absolute atomic E-state index is 0.0386. The van der Waals surface area contributed by atoms with Crippen LogP contribution < -0.4 is 0 Å². The number of carbonyl (C=O) groups is 1. The van der Waals surface area contributed by atoms with Crippen molar-refractivity contribution in [3.8, 4) is 0 Å². The molecule has 0 radical (unpaired) electrons. The van der Waals surface area contributed by atoms with Crippen LogP contribution >= 0.6 is 23.4 Å². The molecule has 1 nitrogen and oxygen atoms in total. The van der Waals surface area contributed by atoms with Crippen molar-refractivity contribution in [1.29, 1.82) is 0 Å². The Balaban J connectivity index is 1.93. The molecule has 2 aromatic rings. The number of carbonyl (C=O) groups excluding carboxylic acids is 1. The molecule has 1 atom stereocenters. The van der Waals surface area contributed by atoms with E-state index in [0.29, 0.717) is 6.42 Å². The van der Waals surface area contributed by atoms with Gasteiger partial charge in [-0.3, -0.25) is 4.79 Å². The summed E-state index contributed by atoms with van der Waals surface area (Å²) in [5.74, 6) is 0.0386.